The molecule has 4 nitrogen and oxygen atoms in total. The third-order valence-electron chi connectivity index (χ3n) is 1.88. The van der Waals surface area contributed by atoms with Crippen LogP contribution in [-0.4, -0.2) is 15.0 Å². The first-order valence-electron chi connectivity index (χ1n) is 4.20. The number of ether oxygens (including phenoxy) is 1. The number of aryl methyl sites for hydroxylation is 1. The fourth-order valence-corrected chi connectivity index (χ4v) is 2.49. The quantitative estimate of drug-likeness (QED) is 0.798. The molecule has 0 atom stereocenters. The molecule has 8 heteroatoms. The van der Waals surface area contributed by atoms with E-state index in [0.29, 0.717) is 0 Å². The predicted octanol–water partition coefficient (Wildman–Crippen LogP) is 2.40. The molecule has 0 heterocycles. The number of benzene rings is 1. The van der Waals surface area contributed by atoms with Crippen LogP contribution in [0.1, 0.15) is 11.1 Å². The van der Waals surface area contributed by atoms with Crippen LogP contribution in [0, 0.1) is 18.3 Å². The molecule has 1 aromatic carbocycles. The lowest BCUT2D eigenvalue weighted by Gasteiger charge is -2.12. The Bertz CT molecular complexity index is 581. The topological polar surface area (TPSA) is 67.2 Å². The van der Waals surface area contributed by atoms with Gasteiger partial charge in [0.2, 0.25) is 0 Å². The zero-order valence-electron chi connectivity index (χ0n) is 8.45. The van der Waals surface area contributed by atoms with Crippen LogP contribution < -0.4 is 4.74 Å². The normalized spacial score (nSPS) is 11.3. The van der Waals surface area contributed by atoms with Gasteiger partial charge >= 0.3 is 6.61 Å². The van der Waals surface area contributed by atoms with Crippen LogP contribution >= 0.6 is 10.7 Å². The zero-order valence-corrected chi connectivity index (χ0v) is 10.0. The van der Waals surface area contributed by atoms with Crippen LogP contribution in [0.4, 0.5) is 8.78 Å². The molecule has 17 heavy (non-hydrogen) atoms. The van der Waals surface area contributed by atoms with Crippen LogP contribution in [0.15, 0.2) is 17.0 Å². The number of nitrogens with zero attached hydrogens (tertiary/aromatic N) is 1. The molecule has 0 spiro atoms. The lowest BCUT2D eigenvalue weighted by Crippen LogP contribution is -2.08. The molecule has 0 radical (unpaired) electrons. The molecule has 0 aliphatic rings. The summed E-state index contributed by atoms with van der Waals surface area (Å²) >= 11 is 0. The van der Waals surface area contributed by atoms with E-state index in [0.717, 1.165) is 0 Å². The van der Waals surface area contributed by atoms with Gasteiger partial charge in [0.05, 0.1) is 5.56 Å². The third kappa shape index (κ3) is 3.05. The van der Waals surface area contributed by atoms with E-state index >= 15 is 0 Å². The largest absolute Gasteiger partial charge is 0.433 e. The monoisotopic (exact) mass is 281 g/mol. The smallest absolute Gasteiger partial charge is 0.387 e. The number of hydrogen-bond donors (Lipinski definition) is 0. The molecule has 0 amide bonds. The van der Waals surface area contributed by atoms with Crippen molar-refractivity contribution < 1.29 is 21.9 Å². The highest BCUT2D eigenvalue weighted by Gasteiger charge is 2.25. The van der Waals surface area contributed by atoms with E-state index in [-0.39, 0.29) is 11.1 Å². The predicted molar refractivity (Wildman–Crippen MR) is 55.6 cm³/mol. The van der Waals surface area contributed by atoms with Gasteiger partial charge in [0.25, 0.3) is 9.05 Å². The van der Waals surface area contributed by atoms with Crippen LogP contribution in [0.25, 0.3) is 0 Å². The second-order valence-corrected chi connectivity index (χ2v) is 5.52. The summed E-state index contributed by atoms with van der Waals surface area (Å²) in [6.45, 7) is -1.84. The van der Waals surface area contributed by atoms with Crippen LogP contribution in [-0.2, 0) is 9.05 Å². The van der Waals surface area contributed by atoms with Crippen molar-refractivity contribution in [2.75, 3.05) is 0 Å². The molecule has 0 fully saturated rings. The lowest BCUT2D eigenvalue weighted by atomic mass is 10.1. The van der Waals surface area contributed by atoms with Gasteiger partial charge in [0.15, 0.2) is 0 Å². The maximum absolute atomic E-state index is 12.2. The Morgan fingerprint density at radius 1 is 1.47 bits per heavy atom. The van der Waals surface area contributed by atoms with Crippen LogP contribution in [0.2, 0.25) is 0 Å². The van der Waals surface area contributed by atoms with Gasteiger partial charge in [-0.1, -0.05) is 6.07 Å². The van der Waals surface area contributed by atoms with Crippen molar-refractivity contribution in [1.29, 1.82) is 5.26 Å². The van der Waals surface area contributed by atoms with Crippen molar-refractivity contribution >= 4 is 19.7 Å². The van der Waals surface area contributed by atoms with Gasteiger partial charge in [-0.25, -0.2) is 8.42 Å². The summed E-state index contributed by atoms with van der Waals surface area (Å²) in [6.07, 6.45) is 0. The second-order valence-electron chi connectivity index (χ2n) is 3.02. The summed E-state index contributed by atoms with van der Waals surface area (Å²) in [5.41, 5.74) is -0.204. The number of nitriles is 1. The van der Waals surface area contributed by atoms with E-state index in [2.05, 4.69) is 4.74 Å². The summed E-state index contributed by atoms with van der Waals surface area (Å²) in [7, 11) is 0.746. The first-order valence-corrected chi connectivity index (χ1v) is 6.51. The molecule has 0 saturated carbocycles. The average molecular weight is 282 g/mol. The Morgan fingerprint density at radius 2 is 2.06 bits per heavy atom. The Hall–Kier alpha value is -1.39. The SMILES string of the molecule is Cc1ccc(C#N)c(S(=O)(=O)Cl)c1OC(F)F. The average Bonchev–Trinajstić information content (AvgIpc) is 2.18. The summed E-state index contributed by atoms with van der Waals surface area (Å²) < 4.78 is 50.9. The van der Waals surface area contributed by atoms with E-state index in [1.54, 1.807) is 6.07 Å². The van der Waals surface area contributed by atoms with Crippen molar-refractivity contribution in [3.8, 4) is 11.8 Å². The molecule has 0 aliphatic heterocycles. The van der Waals surface area contributed by atoms with Crippen LogP contribution in [0.3, 0.4) is 0 Å². The summed E-state index contributed by atoms with van der Waals surface area (Å²) in [6, 6.07) is 4.02. The van der Waals surface area contributed by atoms with E-state index < -0.39 is 26.3 Å². The first kappa shape index (κ1) is 13.7. The Labute approximate surface area is 101 Å². The highest BCUT2D eigenvalue weighted by Crippen LogP contribution is 2.34. The van der Waals surface area contributed by atoms with Gasteiger partial charge < -0.3 is 4.74 Å². The van der Waals surface area contributed by atoms with Gasteiger partial charge in [-0.3, -0.25) is 0 Å². The van der Waals surface area contributed by atoms with E-state index in [1.165, 1.54) is 19.1 Å². The van der Waals surface area contributed by atoms with E-state index in [9.17, 15) is 17.2 Å². The highest BCUT2D eigenvalue weighted by atomic mass is 35.7. The molecule has 0 saturated heterocycles. The number of alkyl halides is 2. The molecule has 1 aromatic rings. The van der Waals surface area contributed by atoms with Crippen molar-refractivity contribution in [2.24, 2.45) is 0 Å². The number of halogens is 3. The standard InChI is InChI=1S/C9H6ClF2NO3S/c1-5-2-3-6(4-13)8(17(10,14)15)7(5)16-9(11)12/h2-3,9H,1H3. The Balaban J connectivity index is 3.62. The van der Waals surface area contributed by atoms with Crippen molar-refractivity contribution in [1.82, 2.24) is 0 Å². The number of hydrogen-bond acceptors (Lipinski definition) is 4. The van der Waals surface area contributed by atoms with Crippen molar-refractivity contribution in [2.45, 2.75) is 18.4 Å². The fraction of sp³-hybridized carbons (Fsp3) is 0.222. The minimum absolute atomic E-state index is 0.142. The Kier molecular flexibility index (Phi) is 3.91. The zero-order chi connectivity index (χ0) is 13.2. The molecular formula is C9H6ClF2NO3S. The molecule has 0 unspecified atom stereocenters. The van der Waals surface area contributed by atoms with Gasteiger partial charge in [-0.2, -0.15) is 14.0 Å². The minimum atomic E-state index is -4.35. The van der Waals surface area contributed by atoms with Crippen LogP contribution in [0.5, 0.6) is 5.75 Å². The molecule has 0 bridgehead atoms. The molecule has 0 N–H and O–H groups in total. The molecule has 0 aliphatic carbocycles. The highest BCUT2D eigenvalue weighted by molar-refractivity contribution is 8.13. The maximum atomic E-state index is 12.2. The van der Waals surface area contributed by atoms with Gasteiger partial charge in [0, 0.05) is 10.7 Å². The lowest BCUT2D eigenvalue weighted by molar-refractivity contribution is -0.0522. The molecule has 1 rings (SSSR count). The third-order valence-corrected chi connectivity index (χ3v) is 3.24. The second kappa shape index (κ2) is 4.85. The number of rotatable bonds is 3. The maximum Gasteiger partial charge on any atom is 0.387 e. The minimum Gasteiger partial charge on any atom is -0.433 e. The fourth-order valence-electron chi connectivity index (χ4n) is 1.23. The van der Waals surface area contributed by atoms with Crippen molar-refractivity contribution in [3.05, 3.63) is 23.3 Å². The van der Waals surface area contributed by atoms with Gasteiger partial charge in [-0.05, 0) is 18.6 Å². The summed E-state index contributed by atoms with van der Waals surface area (Å²) in [5.74, 6) is -0.603. The first-order chi connectivity index (χ1) is 7.77. The summed E-state index contributed by atoms with van der Waals surface area (Å²) in [5, 5.41) is 8.72. The van der Waals surface area contributed by atoms with E-state index in [1.807, 2.05) is 0 Å². The van der Waals surface area contributed by atoms with E-state index in [4.69, 9.17) is 15.9 Å². The molecule has 92 valence electrons. The summed E-state index contributed by atoms with van der Waals surface area (Å²) in [4.78, 5) is -0.734. The molecule has 0 aromatic heterocycles. The molecular weight excluding hydrogens is 276 g/mol. The van der Waals surface area contributed by atoms with Gasteiger partial charge in [0.1, 0.15) is 16.7 Å². The Morgan fingerprint density at radius 3 is 2.47 bits per heavy atom. The van der Waals surface area contributed by atoms with Crippen molar-refractivity contribution in [3.63, 3.8) is 0 Å². The van der Waals surface area contributed by atoms with Gasteiger partial charge in [-0.15, -0.1) is 0 Å².